The number of amides is 5. The molecule has 0 bridgehead atoms. The number of fused-ring (bicyclic) bond motifs is 4. The van der Waals surface area contributed by atoms with E-state index in [1.807, 2.05) is 35.8 Å². The quantitative estimate of drug-likeness (QED) is 0.0685. The van der Waals surface area contributed by atoms with E-state index < -0.39 is 41.5 Å². The zero-order chi connectivity index (χ0) is 44.4. The SMILES string of the molecule is Cc1sc2c(c1C)C(c1ccc(Cl)cc1)=N[C@@H](CC(=O)Nc1ccc(OCCCCOCCCNc3cccc4c3C(=O)N(C3CCC(=O)NC3=O)C4=O)c(F)c1)c1nnc(C)n1-2. The fourth-order valence-electron chi connectivity index (χ4n) is 7.87. The number of hydrogen-bond acceptors (Lipinski definition) is 12. The van der Waals surface area contributed by atoms with Crippen molar-refractivity contribution in [1.82, 2.24) is 25.0 Å². The lowest BCUT2D eigenvalue weighted by Gasteiger charge is -2.27. The Balaban J connectivity index is 0.781. The van der Waals surface area contributed by atoms with Crippen molar-refractivity contribution in [2.75, 3.05) is 37.0 Å². The zero-order valence-electron chi connectivity index (χ0n) is 34.8. The number of halogens is 2. The third-order valence-corrected chi connectivity index (χ3v) is 12.6. The maximum atomic E-state index is 15.2. The van der Waals surface area contributed by atoms with Crippen LogP contribution in [0.4, 0.5) is 15.8 Å². The molecule has 63 heavy (non-hydrogen) atoms. The Morgan fingerprint density at radius 2 is 1.73 bits per heavy atom. The second kappa shape index (κ2) is 18.6. The number of anilines is 2. The fourth-order valence-corrected chi connectivity index (χ4v) is 9.21. The lowest BCUT2D eigenvalue weighted by atomic mass is 9.99. The molecule has 3 aliphatic heterocycles. The summed E-state index contributed by atoms with van der Waals surface area (Å²) in [5.74, 6) is -1.91. The number of aliphatic imine (C=N–C) groups is 1. The van der Waals surface area contributed by atoms with Crippen LogP contribution in [-0.2, 0) is 19.1 Å². The number of rotatable bonds is 16. The maximum absolute atomic E-state index is 15.2. The standard InChI is InChI=1S/C45H44ClFN8O7S/c1-24-25(2)63-45-38(24)40(27-10-12-28(46)13-11-27)50-33(41-53-52-26(3)54(41)45)23-37(57)49-29-14-16-35(31(47)22-29)62-21-5-4-19-61-20-7-18-48-32-9-6-8-30-39(32)44(60)55(43(30)59)34-15-17-36(56)51-42(34)58/h6,8-14,16,22,33-34,48H,4-5,7,15,17-21,23H2,1-3H3,(H,49,57)(H,51,56,58)/t33-,34?/m0/s1. The van der Waals surface area contributed by atoms with Crippen LogP contribution in [0.1, 0.15) is 98.5 Å². The number of aromatic nitrogens is 3. The van der Waals surface area contributed by atoms with Gasteiger partial charge in [0.15, 0.2) is 17.4 Å². The van der Waals surface area contributed by atoms with E-state index in [1.165, 1.54) is 12.1 Å². The predicted molar refractivity (Wildman–Crippen MR) is 235 cm³/mol. The number of nitrogens with zero attached hydrogens (tertiary/aromatic N) is 5. The molecule has 8 rings (SSSR count). The van der Waals surface area contributed by atoms with Crippen LogP contribution in [-0.4, -0.2) is 87.3 Å². The highest BCUT2D eigenvalue weighted by Gasteiger charge is 2.45. The molecular formula is C45H44ClFN8O7S. The molecule has 3 N–H and O–H groups in total. The molecule has 5 heterocycles. The van der Waals surface area contributed by atoms with Crippen molar-refractivity contribution < 1.29 is 37.8 Å². The third-order valence-electron chi connectivity index (χ3n) is 11.1. The van der Waals surface area contributed by atoms with E-state index in [4.69, 9.17) is 26.1 Å². The lowest BCUT2D eigenvalue weighted by molar-refractivity contribution is -0.136. The monoisotopic (exact) mass is 894 g/mol. The van der Waals surface area contributed by atoms with Crippen LogP contribution in [0.25, 0.3) is 5.00 Å². The molecule has 0 spiro atoms. The first-order valence-electron chi connectivity index (χ1n) is 20.6. The molecular weight excluding hydrogens is 851 g/mol. The number of carbonyl (C=O) groups excluding carboxylic acids is 5. The minimum Gasteiger partial charge on any atom is -0.491 e. The van der Waals surface area contributed by atoms with Crippen LogP contribution in [0.2, 0.25) is 5.02 Å². The van der Waals surface area contributed by atoms with Crippen molar-refractivity contribution in [3.8, 4) is 10.8 Å². The highest BCUT2D eigenvalue weighted by Crippen LogP contribution is 2.40. The minimum absolute atomic E-state index is 0.0503. The molecule has 5 amide bonds. The van der Waals surface area contributed by atoms with Gasteiger partial charge in [0.2, 0.25) is 17.7 Å². The topological polar surface area (TPSA) is 186 Å². The van der Waals surface area contributed by atoms with Gasteiger partial charge in [0, 0.05) is 64.6 Å². The van der Waals surface area contributed by atoms with Gasteiger partial charge in [-0.05, 0) is 88.4 Å². The number of nitrogens with one attached hydrogen (secondary N) is 3. The van der Waals surface area contributed by atoms with Crippen molar-refractivity contribution >= 4 is 69.6 Å². The second-order valence-electron chi connectivity index (χ2n) is 15.4. The molecule has 1 fully saturated rings. The molecule has 0 saturated carbocycles. The van der Waals surface area contributed by atoms with E-state index in [0.29, 0.717) is 61.4 Å². The number of carbonyl (C=O) groups is 5. The van der Waals surface area contributed by atoms with Gasteiger partial charge in [0.1, 0.15) is 22.9 Å². The van der Waals surface area contributed by atoms with Gasteiger partial charge in [-0.1, -0.05) is 29.8 Å². The summed E-state index contributed by atoms with van der Waals surface area (Å²) in [4.78, 5) is 71.1. The Kier molecular flexibility index (Phi) is 12.8. The van der Waals surface area contributed by atoms with E-state index >= 15 is 4.39 Å². The van der Waals surface area contributed by atoms with Crippen LogP contribution < -0.4 is 20.7 Å². The third kappa shape index (κ3) is 8.99. The molecule has 0 aliphatic carbocycles. The number of piperidine rings is 1. The van der Waals surface area contributed by atoms with Gasteiger partial charge in [-0.3, -0.25) is 43.7 Å². The Morgan fingerprint density at radius 1 is 0.952 bits per heavy atom. The van der Waals surface area contributed by atoms with Crippen molar-refractivity contribution in [2.45, 2.75) is 71.4 Å². The minimum atomic E-state index is -1.03. The van der Waals surface area contributed by atoms with Gasteiger partial charge >= 0.3 is 0 Å². The van der Waals surface area contributed by atoms with Crippen molar-refractivity contribution in [1.29, 1.82) is 0 Å². The van der Waals surface area contributed by atoms with E-state index in [1.54, 1.807) is 35.6 Å². The predicted octanol–water partition coefficient (Wildman–Crippen LogP) is 7.05. The average molecular weight is 895 g/mol. The second-order valence-corrected chi connectivity index (χ2v) is 17.1. The number of imide groups is 2. The molecule has 2 aromatic heterocycles. The summed E-state index contributed by atoms with van der Waals surface area (Å²) in [5.41, 5.74) is 4.80. The van der Waals surface area contributed by atoms with Crippen molar-refractivity contribution in [3.05, 3.63) is 116 Å². The Morgan fingerprint density at radius 3 is 2.51 bits per heavy atom. The van der Waals surface area contributed by atoms with Crippen LogP contribution in [0.15, 0.2) is 65.7 Å². The number of unbranched alkanes of at least 4 members (excludes halogenated alkanes) is 1. The fraction of sp³-hybridized carbons (Fsp3) is 0.333. The summed E-state index contributed by atoms with van der Waals surface area (Å²) < 4.78 is 28.6. The molecule has 0 radical (unpaired) electrons. The van der Waals surface area contributed by atoms with Gasteiger partial charge in [0.25, 0.3) is 11.8 Å². The van der Waals surface area contributed by atoms with Gasteiger partial charge in [-0.15, -0.1) is 21.5 Å². The summed E-state index contributed by atoms with van der Waals surface area (Å²) >= 11 is 7.85. The first kappa shape index (κ1) is 43.4. The Bertz CT molecular complexity index is 2660. The molecule has 1 unspecified atom stereocenters. The van der Waals surface area contributed by atoms with Crippen molar-refractivity contribution in [3.63, 3.8) is 0 Å². The Labute approximate surface area is 371 Å². The maximum Gasteiger partial charge on any atom is 0.264 e. The molecule has 2 atom stereocenters. The number of aryl methyl sites for hydroxylation is 2. The van der Waals surface area contributed by atoms with E-state index in [9.17, 15) is 24.0 Å². The molecule has 3 aliphatic rings. The summed E-state index contributed by atoms with van der Waals surface area (Å²) in [6.07, 6.45) is 1.97. The van der Waals surface area contributed by atoms with Gasteiger partial charge < -0.3 is 20.1 Å². The normalized spacial score (nSPS) is 16.8. The van der Waals surface area contributed by atoms with E-state index in [-0.39, 0.29) is 54.3 Å². The summed E-state index contributed by atoms with van der Waals surface area (Å²) in [6, 6.07) is 15.0. The summed E-state index contributed by atoms with van der Waals surface area (Å²) in [6.45, 7) is 7.61. The first-order valence-corrected chi connectivity index (χ1v) is 21.8. The summed E-state index contributed by atoms with van der Waals surface area (Å²) in [5, 5.41) is 18.5. The zero-order valence-corrected chi connectivity index (χ0v) is 36.3. The Hall–Kier alpha value is -6.30. The number of hydrogen-bond donors (Lipinski definition) is 3. The van der Waals surface area contributed by atoms with E-state index in [2.05, 4.69) is 40.0 Å². The number of benzene rings is 3. The first-order chi connectivity index (χ1) is 30.4. The van der Waals surface area contributed by atoms with Crippen LogP contribution in [0, 0.1) is 26.6 Å². The van der Waals surface area contributed by atoms with Gasteiger partial charge in [0.05, 0.1) is 29.9 Å². The van der Waals surface area contributed by atoms with Crippen LogP contribution in [0.5, 0.6) is 5.75 Å². The lowest BCUT2D eigenvalue weighted by Crippen LogP contribution is -2.54. The van der Waals surface area contributed by atoms with Crippen LogP contribution >= 0.6 is 22.9 Å². The molecule has 326 valence electrons. The van der Waals surface area contributed by atoms with Crippen molar-refractivity contribution in [2.24, 2.45) is 4.99 Å². The average Bonchev–Trinajstić information content (AvgIpc) is 3.83. The van der Waals surface area contributed by atoms with Gasteiger partial charge in [-0.2, -0.15) is 0 Å². The molecule has 5 aromatic rings. The largest absolute Gasteiger partial charge is 0.491 e. The van der Waals surface area contributed by atoms with Gasteiger partial charge in [-0.25, -0.2) is 4.39 Å². The highest BCUT2D eigenvalue weighted by atomic mass is 35.5. The highest BCUT2D eigenvalue weighted by molar-refractivity contribution is 7.15. The smallest absolute Gasteiger partial charge is 0.264 e. The molecule has 15 nitrogen and oxygen atoms in total. The number of thiophene rings is 1. The molecule has 1 saturated heterocycles. The molecule has 18 heteroatoms. The summed E-state index contributed by atoms with van der Waals surface area (Å²) in [7, 11) is 0. The van der Waals surface area contributed by atoms with E-state index in [0.717, 1.165) is 37.2 Å². The van der Waals surface area contributed by atoms with Crippen LogP contribution in [0.3, 0.4) is 0 Å². The molecule has 3 aromatic carbocycles. The number of ether oxygens (including phenoxy) is 2.